The number of aliphatic hydroxyl groups is 1. The van der Waals surface area contributed by atoms with Crippen molar-refractivity contribution in [1.82, 2.24) is 10.2 Å². The van der Waals surface area contributed by atoms with Crippen LogP contribution in [0.25, 0.3) is 0 Å². The molecule has 2 fully saturated rings. The topological polar surface area (TPSA) is 129 Å². The average molecular weight is 637 g/mol. The Kier molecular flexibility index (Phi) is 10.2. The number of carbonyl (C=O) groups excluding carboxylic acids is 4. The molecule has 1 aromatic carbocycles. The van der Waals surface area contributed by atoms with Gasteiger partial charge >= 0.3 is 5.97 Å². The molecule has 0 aromatic heterocycles. The molecule has 2 N–H and O–H groups in total. The molecule has 11 nitrogen and oxygen atoms in total. The van der Waals surface area contributed by atoms with Crippen molar-refractivity contribution in [2.75, 3.05) is 42.6 Å². The second-order valence-corrected chi connectivity index (χ2v) is 12.8. The smallest absolute Gasteiger partial charge is 0.313 e. The van der Waals surface area contributed by atoms with Crippen LogP contribution in [0.4, 0.5) is 11.4 Å². The number of ether oxygens (including phenoxy) is 2. The van der Waals surface area contributed by atoms with Gasteiger partial charge in [0.25, 0.3) is 5.91 Å². The summed E-state index contributed by atoms with van der Waals surface area (Å²) in [6, 6.07) is 6.01. The molecular weight excluding hydrogens is 588 g/mol. The number of hydrogen-bond acceptors (Lipinski definition) is 8. The number of nitrogens with zero attached hydrogens (tertiary/aromatic N) is 3. The number of esters is 1. The summed E-state index contributed by atoms with van der Waals surface area (Å²) < 4.78 is 12.6. The zero-order valence-corrected chi connectivity index (χ0v) is 27.6. The fourth-order valence-electron chi connectivity index (χ4n) is 7.44. The first-order chi connectivity index (χ1) is 22.1. The van der Waals surface area contributed by atoms with Gasteiger partial charge in [-0.15, -0.1) is 0 Å². The molecule has 250 valence electrons. The summed E-state index contributed by atoms with van der Waals surface area (Å²) >= 11 is 0. The van der Waals surface area contributed by atoms with Gasteiger partial charge in [-0.25, -0.2) is 0 Å². The van der Waals surface area contributed by atoms with Crippen molar-refractivity contribution < 1.29 is 33.8 Å². The van der Waals surface area contributed by atoms with E-state index in [4.69, 9.17) is 9.47 Å². The highest BCUT2D eigenvalue weighted by atomic mass is 16.6. The van der Waals surface area contributed by atoms with E-state index in [9.17, 15) is 24.3 Å². The summed E-state index contributed by atoms with van der Waals surface area (Å²) in [6.07, 6.45) is 6.99. The Balaban J connectivity index is 1.60. The Morgan fingerprint density at radius 1 is 1.07 bits per heavy atom. The number of cyclic esters (lactones) is 1. The summed E-state index contributed by atoms with van der Waals surface area (Å²) in [6.45, 7) is 11.5. The molecule has 0 radical (unpaired) electrons. The first kappa shape index (κ1) is 33.7. The van der Waals surface area contributed by atoms with Gasteiger partial charge < -0.3 is 34.6 Å². The summed E-state index contributed by atoms with van der Waals surface area (Å²) in [4.78, 5) is 61.0. The summed E-state index contributed by atoms with van der Waals surface area (Å²) in [5, 5.41) is 13.4. The SMILES string of the molecule is CC[C@H](C)[C@H](CO)N1C(=O)[C@H]2[C@@H]3C(=O)O[C@@H](C)CNC(=O)CC/C=C\[C@@H]3O[C@]23C=CCN(c2ccc(N(CC)CC)cc2)C(=O)[C@H]13. The van der Waals surface area contributed by atoms with E-state index in [0.29, 0.717) is 18.5 Å². The number of rotatable bonds is 8. The number of likely N-dealkylation sites (tertiary alicyclic amines) is 1. The van der Waals surface area contributed by atoms with Crippen LogP contribution in [0.1, 0.15) is 53.9 Å². The van der Waals surface area contributed by atoms with Crippen LogP contribution in [0.5, 0.6) is 0 Å². The molecule has 5 rings (SSSR count). The number of carbonyl (C=O) groups is 4. The minimum atomic E-state index is -1.47. The fourth-order valence-corrected chi connectivity index (χ4v) is 7.44. The third-order valence-electron chi connectivity index (χ3n) is 10.1. The average Bonchev–Trinajstić information content (AvgIpc) is 3.43. The highest BCUT2D eigenvalue weighted by molar-refractivity contribution is 6.05. The van der Waals surface area contributed by atoms with Crippen LogP contribution in [0.15, 0.2) is 48.6 Å². The normalized spacial score (nSPS) is 31.8. The molecule has 1 aromatic rings. The maximum absolute atomic E-state index is 14.8. The standard InChI is InChI=1S/C35H48N4O7/c1-6-22(4)26(21-40)39-31-33(43)38(25-16-14-24(15-17-25)37(7-2)8-3)19-11-18-35(31)30(32(39)42)29-27(46-35)12-9-10-13-28(41)36-20-23(5)45-34(29)44/h9,11-12,14-18,22-23,26-27,29-31,40H,6-8,10,13,19-21H2,1-5H3,(H,36,41)/b12-9-/t22-,23-,26-,27-,29+,30+,31-,35+/m0/s1. The number of fused-ring (bicyclic) bond motifs is 2. The summed E-state index contributed by atoms with van der Waals surface area (Å²) in [5.74, 6) is -3.72. The van der Waals surface area contributed by atoms with Gasteiger partial charge in [-0.2, -0.15) is 0 Å². The zero-order chi connectivity index (χ0) is 33.2. The van der Waals surface area contributed by atoms with Gasteiger partial charge in [0.15, 0.2) is 0 Å². The van der Waals surface area contributed by atoms with Crippen LogP contribution >= 0.6 is 0 Å². The molecular formula is C35H48N4O7. The van der Waals surface area contributed by atoms with Gasteiger partial charge in [-0.1, -0.05) is 44.6 Å². The van der Waals surface area contributed by atoms with Crippen molar-refractivity contribution in [3.05, 3.63) is 48.6 Å². The molecule has 1 spiro atoms. The Morgan fingerprint density at radius 3 is 2.43 bits per heavy atom. The van der Waals surface area contributed by atoms with E-state index in [1.54, 1.807) is 30.1 Å². The van der Waals surface area contributed by atoms with E-state index in [2.05, 4.69) is 24.1 Å². The molecule has 4 aliphatic heterocycles. The van der Waals surface area contributed by atoms with Crippen molar-refractivity contribution in [3.63, 3.8) is 0 Å². The van der Waals surface area contributed by atoms with Crippen molar-refractivity contribution in [2.45, 2.75) is 83.8 Å². The van der Waals surface area contributed by atoms with Crippen molar-refractivity contribution in [3.8, 4) is 0 Å². The Labute approximate surface area is 271 Å². The lowest BCUT2D eigenvalue weighted by Crippen LogP contribution is -2.59. The second-order valence-electron chi connectivity index (χ2n) is 12.8. The predicted octanol–water partition coefficient (Wildman–Crippen LogP) is 2.82. The second kappa shape index (κ2) is 14.0. The molecule has 0 unspecified atom stereocenters. The Morgan fingerprint density at radius 2 is 1.78 bits per heavy atom. The lowest BCUT2D eigenvalue weighted by Gasteiger charge is -2.40. The van der Waals surface area contributed by atoms with E-state index in [1.807, 2.05) is 44.2 Å². The largest absolute Gasteiger partial charge is 0.460 e. The molecule has 0 aliphatic carbocycles. The van der Waals surface area contributed by atoms with Crippen molar-refractivity contribution in [1.29, 1.82) is 0 Å². The van der Waals surface area contributed by atoms with Crippen LogP contribution in [0.3, 0.4) is 0 Å². The van der Waals surface area contributed by atoms with Crippen LogP contribution < -0.4 is 15.1 Å². The molecule has 8 atom stereocenters. The van der Waals surface area contributed by atoms with E-state index in [0.717, 1.165) is 18.8 Å². The highest BCUT2D eigenvalue weighted by Gasteiger charge is 2.72. The predicted molar refractivity (Wildman–Crippen MR) is 174 cm³/mol. The van der Waals surface area contributed by atoms with Gasteiger partial charge in [-0.3, -0.25) is 19.2 Å². The third kappa shape index (κ3) is 5.95. The molecule has 4 heterocycles. The monoisotopic (exact) mass is 636 g/mol. The number of amides is 3. The van der Waals surface area contributed by atoms with E-state index in [-0.39, 0.29) is 43.8 Å². The maximum Gasteiger partial charge on any atom is 0.313 e. The molecule has 3 amide bonds. The van der Waals surface area contributed by atoms with Gasteiger partial charge in [0.2, 0.25) is 11.8 Å². The molecule has 0 saturated carbocycles. The summed E-state index contributed by atoms with van der Waals surface area (Å²) in [7, 11) is 0. The van der Waals surface area contributed by atoms with Crippen molar-refractivity contribution in [2.24, 2.45) is 17.8 Å². The van der Waals surface area contributed by atoms with Crippen LogP contribution in [0.2, 0.25) is 0 Å². The lowest BCUT2D eigenvalue weighted by molar-refractivity contribution is -0.159. The van der Waals surface area contributed by atoms with E-state index in [1.165, 1.54) is 4.90 Å². The third-order valence-corrected chi connectivity index (χ3v) is 10.1. The molecule has 46 heavy (non-hydrogen) atoms. The Hall–Kier alpha value is -3.70. The molecule has 11 heteroatoms. The van der Waals surface area contributed by atoms with Gasteiger partial charge in [0.05, 0.1) is 31.2 Å². The van der Waals surface area contributed by atoms with Gasteiger partial charge in [0.1, 0.15) is 23.7 Å². The quantitative estimate of drug-likeness (QED) is 0.330. The zero-order valence-electron chi connectivity index (χ0n) is 27.6. The minimum Gasteiger partial charge on any atom is -0.460 e. The minimum absolute atomic E-state index is 0.130. The number of benzene rings is 1. The fraction of sp³-hybridized carbons (Fsp3) is 0.600. The van der Waals surface area contributed by atoms with E-state index < -0.39 is 53.6 Å². The van der Waals surface area contributed by atoms with Gasteiger partial charge in [-0.05, 0) is 57.4 Å². The first-order valence-electron chi connectivity index (χ1n) is 16.7. The first-order valence-corrected chi connectivity index (χ1v) is 16.7. The Bertz CT molecular complexity index is 1360. The number of allylic oxidation sites excluding steroid dienone is 1. The van der Waals surface area contributed by atoms with Crippen LogP contribution in [-0.4, -0.2) is 96.4 Å². The molecule has 2 saturated heterocycles. The highest BCUT2D eigenvalue weighted by Crippen LogP contribution is 2.54. The van der Waals surface area contributed by atoms with Crippen molar-refractivity contribution >= 4 is 35.1 Å². The van der Waals surface area contributed by atoms with E-state index >= 15 is 0 Å². The molecule has 0 bridgehead atoms. The lowest BCUT2D eigenvalue weighted by atomic mass is 9.78. The number of hydrogen-bond donors (Lipinski definition) is 2. The van der Waals surface area contributed by atoms with Gasteiger partial charge in [0, 0.05) is 37.4 Å². The number of aliphatic hydroxyl groups excluding tert-OH is 1. The summed E-state index contributed by atoms with van der Waals surface area (Å²) in [5.41, 5.74) is 0.252. The maximum atomic E-state index is 14.8. The molecule has 4 aliphatic rings. The van der Waals surface area contributed by atoms with Crippen LogP contribution in [-0.2, 0) is 28.7 Å². The number of anilines is 2. The van der Waals surface area contributed by atoms with Crippen LogP contribution in [0, 0.1) is 17.8 Å². The number of nitrogens with one attached hydrogen (secondary N) is 1.